The molecule has 1 N–H and O–H groups in total. The number of para-hydroxylation sites is 1. The molecule has 0 atom stereocenters. The van der Waals surface area contributed by atoms with E-state index >= 15 is 0 Å². The van der Waals surface area contributed by atoms with Crippen molar-refractivity contribution in [1.82, 2.24) is 24.1 Å². The summed E-state index contributed by atoms with van der Waals surface area (Å²) in [6.07, 6.45) is 7.53. The number of nitrogens with zero attached hydrogens (tertiary/aromatic N) is 5. The van der Waals surface area contributed by atoms with Crippen LogP contribution in [0.4, 0.5) is 5.95 Å². The number of aromatic nitrogens is 5. The molecule has 2 aliphatic rings. The molecule has 1 aromatic carbocycles. The Hall–Kier alpha value is -3.22. The number of imidazole rings is 1. The maximum atomic E-state index is 13.1. The number of hydrogen-bond acceptors (Lipinski definition) is 5. The average molecular weight is 372 g/mol. The second-order valence-electron chi connectivity index (χ2n) is 7.82. The van der Waals surface area contributed by atoms with Crippen molar-refractivity contribution in [2.45, 2.75) is 43.8 Å². The van der Waals surface area contributed by atoms with E-state index in [1.165, 1.54) is 0 Å². The summed E-state index contributed by atoms with van der Waals surface area (Å²) in [7, 11) is 0. The number of fused-ring (bicyclic) bond motifs is 2. The highest BCUT2D eigenvalue weighted by Crippen LogP contribution is 2.39. The summed E-state index contributed by atoms with van der Waals surface area (Å²) in [5, 5.41) is 4.45. The molecule has 3 heterocycles. The van der Waals surface area contributed by atoms with Crippen molar-refractivity contribution in [3.63, 3.8) is 0 Å². The molecular weight excluding hydrogens is 352 g/mol. The van der Waals surface area contributed by atoms with Gasteiger partial charge in [-0.2, -0.15) is 0 Å². The Morgan fingerprint density at radius 2 is 1.82 bits per heavy atom. The number of anilines is 1. The van der Waals surface area contributed by atoms with Gasteiger partial charge in [0.2, 0.25) is 5.95 Å². The predicted octanol–water partition coefficient (Wildman–Crippen LogP) is 3.29. The highest BCUT2D eigenvalue weighted by Gasteiger charge is 2.36. The third-order valence-corrected chi connectivity index (χ3v) is 5.88. The van der Waals surface area contributed by atoms with Gasteiger partial charge in [0.1, 0.15) is 0 Å². The van der Waals surface area contributed by atoms with Gasteiger partial charge in [-0.25, -0.2) is 19.7 Å². The van der Waals surface area contributed by atoms with Crippen molar-refractivity contribution in [1.29, 1.82) is 0 Å². The fraction of sp³-hybridized carbons (Fsp3) is 0.333. The van der Waals surface area contributed by atoms with Crippen molar-refractivity contribution in [3.05, 3.63) is 59.3 Å². The number of hydrogen-bond donors (Lipinski definition) is 1. The van der Waals surface area contributed by atoms with Gasteiger partial charge in [0.05, 0.1) is 11.0 Å². The molecule has 0 saturated heterocycles. The smallest absolute Gasteiger partial charge is 0.330 e. The Bertz CT molecular complexity index is 1250. The third kappa shape index (κ3) is 2.42. The minimum absolute atomic E-state index is 0.0848. The molecule has 28 heavy (non-hydrogen) atoms. The van der Waals surface area contributed by atoms with Crippen LogP contribution in [0.1, 0.15) is 37.8 Å². The molecule has 2 aliphatic carbocycles. The zero-order valence-corrected chi connectivity index (χ0v) is 15.3. The predicted molar refractivity (Wildman–Crippen MR) is 107 cm³/mol. The maximum Gasteiger partial charge on any atom is 0.330 e. The fourth-order valence-electron chi connectivity index (χ4n) is 4.23. The lowest BCUT2D eigenvalue weighted by molar-refractivity contribution is 0.279. The van der Waals surface area contributed by atoms with Crippen LogP contribution in [0.25, 0.3) is 22.1 Å². The molecule has 6 rings (SSSR count). The molecule has 0 bridgehead atoms. The quantitative estimate of drug-likeness (QED) is 0.595. The zero-order valence-electron chi connectivity index (χ0n) is 15.3. The Balaban J connectivity index is 1.25. The Labute approximate surface area is 161 Å². The van der Waals surface area contributed by atoms with E-state index < -0.39 is 0 Å². The van der Waals surface area contributed by atoms with Crippen molar-refractivity contribution >= 4 is 28.0 Å². The van der Waals surface area contributed by atoms with Crippen LogP contribution in [0.5, 0.6) is 0 Å². The molecule has 3 aromatic heterocycles. The first-order chi connectivity index (χ1) is 13.8. The Morgan fingerprint density at radius 3 is 2.68 bits per heavy atom. The van der Waals surface area contributed by atoms with Crippen LogP contribution in [0.3, 0.4) is 0 Å². The van der Waals surface area contributed by atoms with E-state index in [0.717, 1.165) is 47.8 Å². The van der Waals surface area contributed by atoms with Crippen molar-refractivity contribution in [3.8, 4) is 0 Å². The molecule has 4 aromatic rings. The highest BCUT2D eigenvalue weighted by atomic mass is 16.2. The number of rotatable bonds is 4. The Morgan fingerprint density at radius 1 is 0.964 bits per heavy atom. The number of nitrogens with one attached hydrogen (secondary N) is 1. The fourth-order valence-corrected chi connectivity index (χ4v) is 4.23. The van der Waals surface area contributed by atoms with Crippen LogP contribution in [-0.2, 0) is 0 Å². The number of pyridine rings is 1. The number of benzene rings is 1. The SMILES string of the molecule is O=c1n(C2CC2)c2cccnc2n1[C@H]1C[C@H](Nc2ncc3ccccc3n2)C1. The summed E-state index contributed by atoms with van der Waals surface area (Å²) in [4.78, 5) is 26.6. The molecule has 7 nitrogen and oxygen atoms in total. The van der Waals surface area contributed by atoms with Gasteiger partial charge < -0.3 is 5.32 Å². The largest absolute Gasteiger partial charge is 0.351 e. The van der Waals surface area contributed by atoms with Crippen molar-refractivity contribution in [2.75, 3.05) is 5.32 Å². The van der Waals surface area contributed by atoms with Crippen LogP contribution in [0.2, 0.25) is 0 Å². The molecule has 0 amide bonds. The van der Waals surface area contributed by atoms with Crippen LogP contribution in [0, 0.1) is 0 Å². The van der Waals surface area contributed by atoms with E-state index in [4.69, 9.17) is 0 Å². The van der Waals surface area contributed by atoms with Gasteiger partial charge >= 0.3 is 5.69 Å². The first-order valence-electron chi connectivity index (χ1n) is 9.84. The minimum atomic E-state index is 0.0848. The first-order valence-corrected chi connectivity index (χ1v) is 9.84. The average Bonchev–Trinajstić information content (AvgIpc) is 3.48. The summed E-state index contributed by atoms with van der Waals surface area (Å²) in [6, 6.07) is 12.7. The molecular formula is C21H20N6O. The topological polar surface area (TPSA) is 77.6 Å². The molecule has 7 heteroatoms. The van der Waals surface area contributed by atoms with E-state index in [1.54, 1.807) is 6.20 Å². The summed E-state index contributed by atoms with van der Waals surface area (Å²) in [5.41, 5.74) is 2.79. The standard InChI is InChI=1S/C21H20N6O/c28-21-26(15-7-8-15)18-6-3-9-22-19(18)27(21)16-10-14(11-16)24-20-23-12-13-4-1-2-5-17(13)25-20/h1-6,9,12,14-16H,7-8,10-11H2,(H,23,24,25)/t14-,16-. The monoisotopic (exact) mass is 372 g/mol. The van der Waals surface area contributed by atoms with Crippen molar-refractivity contribution in [2.24, 2.45) is 0 Å². The van der Waals surface area contributed by atoms with Gasteiger partial charge in [0.15, 0.2) is 5.65 Å². The first kappa shape index (κ1) is 15.8. The lowest BCUT2D eigenvalue weighted by Gasteiger charge is -2.36. The van der Waals surface area contributed by atoms with Crippen LogP contribution < -0.4 is 11.0 Å². The second-order valence-corrected chi connectivity index (χ2v) is 7.82. The summed E-state index contributed by atoms with van der Waals surface area (Å²) in [6.45, 7) is 0. The van der Waals surface area contributed by atoms with Gasteiger partial charge in [0.25, 0.3) is 0 Å². The molecule has 0 radical (unpaired) electrons. The normalized spacial score (nSPS) is 21.7. The molecule has 2 fully saturated rings. The highest BCUT2D eigenvalue weighted by molar-refractivity contribution is 5.78. The van der Waals surface area contributed by atoms with Gasteiger partial charge in [0, 0.05) is 35.9 Å². The van der Waals surface area contributed by atoms with Gasteiger partial charge in [-0.15, -0.1) is 0 Å². The Kier molecular flexibility index (Phi) is 3.32. The van der Waals surface area contributed by atoms with Gasteiger partial charge in [-0.1, -0.05) is 18.2 Å². The lowest BCUT2D eigenvalue weighted by atomic mass is 9.86. The van der Waals surface area contributed by atoms with E-state index in [2.05, 4.69) is 20.3 Å². The molecule has 0 aliphatic heterocycles. The molecule has 140 valence electrons. The van der Waals surface area contributed by atoms with Crippen molar-refractivity contribution < 1.29 is 0 Å². The maximum absolute atomic E-state index is 13.1. The molecule has 2 saturated carbocycles. The third-order valence-electron chi connectivity index (χ3n) is 5.88. The second kappa shape index (κ2) is 5.89. The molecule has 0 spiro atoms. The molecule has 0 unspecified atom stereocenters. The van der Waals surface area contributed by atoms with Crippen LogP contribution in [0.15, 0.2) is 53.6 Å². The van der Waals surface area contributed by atoms with Crippen LogP contribution in [-0.4, -0.2) is 30.1 Å². The van der Waals surface area contributed by atoms with Gasteiger partial charge in [-0.05, 0) is 43.9 Å². The lowest BCUT2D eigenvalue weighted by Crippen LogP contribution is -2.41. The zero-order chi connectivity index (χ0) is 18.7. The van der Waals surface area contributed by atoms with E-state index in [0.29, 0.717) is 12.0 Å². The summed E-state index contributed by atoms with van der Waals surface area (Å²) < 4.78 is 3.84. The summed E-state index contributed by atoms with van der Waals surface area (Å²) in [5.74, 6) is 0.646. The van der Waals surface area contributed by atoms with Gasteiger partial charge in [-0.3, -0.25) is 9.13 Å². The van der Waals surface area contributed by atoms with E-state index in [1.807, 2.05) is 51.7 Å². The van der Waals surface area contributed by atoms with E-state index in [9.17, 15) is 4.79 Å². The van der Waals surface area contributed by atoms with E-state index in [-0.39, 0.29) is 17.8 Å². The minimum Gasteiger partial charge on any atom is -0.351 e. The van der Waals surface area contributed by atoms with Crippen LogP contribution >= 0.6 is 0 Å². The summed E-state index contributed by atoms with van der Waals surface area (Å²) >= 11 is 0.